The summed E-state index contributed by atoms with van der Waals surface area (Å²) < 4.78 is 20.9. The lowest BCUT2D eigenvalue weighted by Gasteiger charge is -2.15. The van der Waals surface area contributed by atoms with E-state index >= 15 is 0 Å². The van der Waals surface area contributed by atoms with Gasteiger partial charge in [-0.15, -0.1) is 0 Å². The van der Waals surface area contributed by atoms with E-state index in [1.54, 1.807) is 4.57 Å². The number of halogens is 1. The summed E-state index contributed by atoms with van der Waals surface area (Å²) in [7, 11) is 1.47. The molecule has 1 heterocycles. The van der Waals surface area contributed by atoms with E-state index in [9.17, 15) is 9.18 Å². The monoisotopic (exact) mass is 351 g/mol. The minimum Gasteiger partial charge on any atom is -0.496 e. The number of benzene rings is 1. The normalized spacial score (nSPS) is 10.4. The molecule has 5 N–H and O–H groups in total. The zero-order valence-corrected chi connectivity index (χ0v) is 13.9. The van der Waals surface area contributed by atoms with Crippen molar-refractivity contribution in [2.75, 3.05) is 13.7 Å². The Labute approximate surface area is 142 Å². The van der Waals surface area contributed by atoms with Crippen molar-refractivity contribution < 1.29 is 9.13 Å². The molecular weight excluding hydrogens is 333 g/mol. The maximum absolute atomic E-state index is 13.7. The largest absolute Gasteiger partial charge is 0.496 e. The SMILES string of the molecule is COc1ccc(F)cc1-c1cc(=O)[nH]c(=S)n1CCCN=C(N)N. The predicted molar refractivity (Wildman–Crippen MR) is 93.1 cm³/mol. The van der Waals surface area contributed by atoms with Crippen molar-refractivity contribution in [3.63, 3.8) is 0 Å². The molecule has 24 heavy (non-hydrogen) atoms. The fourth-order valence-electron chi connectivity index (χ4n) is 2.28. The fourth-order valence-corrected chi connectivity index (χ4v) is 2.57. The number of aromatic amines is 1. The Morgan fingerprint density at radius 3 is 2.83 bits per heavy atom. The lowest BCUT2D eigenvalue weighted by atomic mass is 10.1. The Bertz CT molecular complexity index is 871. The van der Waals surface area contributed by atoms with Crippen LogP contribution in [0.15, 0.2) is 34.1 Å². The van der Waals surface area contributed by atoms with Gasteiger partial charge in [0.15, 0.2) is 10.7 Å². The Balaban J connectivity index is 2.50. The molecule has 1 aromatic heterocycles. The Hall–Kier alpha value is -2.68. The number of methoxy groups -OCH3 is 1. The first-order chi connectivity index (χ1) is 11.4. The van der Waals surface area contributed by atoms with Gasteiger partial charge in [0.05, 0.1) is 12.8 Å². The molecule has 0 radical (unpaired) electrons. The van der Waals surface area contributed by atoms with Crippen LogP contribution in [0.1, 0.15) is 6.42 Å². The molecule has 0 fully saturated rings. The van der Waals surface area contributed by atoms with E-state index in [0.29, 0.717) is 36.5 Å². The molecule has 1 aromatic carbocycles. The number of aliphatic imine (C=N–C) groups is 1. The van der Waals surface area contributed by atoms with Gasteiger partial charge in [-0.25, -0.2) is 4.39 Å². The Kier molecular flexibility index (Phi) is 5.69. The van der Waals surface area contributed by atoms with E-state index in [4.69, 9.17) is 28.4 Å². The standard InChI is InChI=1S/C15H18FN5O2S/c1-23-12-4-3-9(16)7-10(12)11-8-13(22)20-15(24)21(11)6-2-5-19-14(17)18/h3-4,7-8H,2,5-6H2,1H3,(H4,17,18,19)(H,20,22,24). The topological polar surface area (TPSA) is 111 Å². The van der Waals surface area contributed by atoms with Gasteiger partial charge in [-0.3, -0.25) is 14.8 Å². The molecule has 0 aliphatic rings. The van der Waals surface area contributed by atoms with Gasteiger partial charge < -0.3 is 20.8 Å². The number of H-pyrrole nitrogens is 1. The average molecular weight is 351 g/mol. The molecule has 0 saturated heterocycles. The second-order valence-corrected chi connectivity index (χ2v) is 5.37. The summed E-state index contributed by atoms with van der Waals surface area (Å²) in [5, 5.41) is 0. The smallest absolute Gasteiger partial charge is 0.252 e. The number of ether oxygens (including phenoxy) is 1. The summed E-state index contributed by atoms with van der Waals surface area (Å²) in [6.45, 7) is 0.852. The molecule has 0 bridgehead atoms. The summed E-state index contributed by atoms with van der Waals surface area (Å²) in [5.41, 5.74) is 11.1. The lowest BCUT2D eigenvalue weighted by Crippen LogP contribution is -2.23. The van der Waals surface area contributed by atoms with Crippen molar-refractivity contribution in [1.29, 1.82) is 0 Å². The lowest BCUT2D eigenvalue weighted by molar-refractivity contribution is 0.414. The van der Waals surface area contributed by atoms with E-state index in [-0.39, 0.29) is 16.3 Å². The quantitative estimate of drug-likeness (QED) is 0.315. The predicted octanol–water partition coefficient (Wildman–Crippen LogP) is 1.38. The highest BCUT2D eigenvalue weighted by atomic mass is 32.1. The van der Waals surface area contributed by atoms with Crippen LogP contribution in [0.4, 0.5) is 4.39 Å². The van der Waals surface area contributed by atoms with Gasteiger partial charge >= 0.3 is 0 Å². The van der Waals surface area contributed by atoms with Crippen LogP contribution in [-0.2, 0) is 6.54 Å². The van der Waals surface area contributed by atoms with Gasteiger partial charge in [-0.2, -0.15) is 0 Å². The zero-order valence-electron chi connectivity index (χ0n) is 13.1. The van der Waals surface area contributed by atoms with Gasteiger partial charge in [-0.05, 0) is 36.8 Å². The van der Waals surface area contributed by atoms with Crippen molar-refractivity contribution in [2.45, 2.75) is 13.0 Å². The maximum atomic E-state index is 13.7. The molecule has 9 heteroatoms. The van der Waals surface area contributed by atoms with Crippen LogP contribution in [0.3, 0.4) is 0 Å². The first-order valence-electron chi connectivity index (χ1n) is 7.16. The molecule has 0 unspecified atom stereocenters. The number of nitrogens with one attached hydrogen (secondary N) is 1. The molecule has 0 aliphatic carbocycles. The molecule has 0 amide bonds. The van der Waals surface area contributed by atoms with Gasteiger partial charge in [0.25, 0.3) is 5.56 Å². The van der Waals surface area contributed by atoms with Gasteiger partial charge in [0.2, 0.25) is 0 Å². The van der Waals surface area contributed by atoms with E-state index in [1.165, 1.54) is 31.4 Å². The minimum absolute atomic E-state index is 0.00656. The number of nitrogens with zero attached hydrogens (tertiary/aromatic N) is 2. The highest BCUT2D eigenvalue weighted by Crippen LogP contribution is 2.30. The molecule has 0 saturated carbocycles. The second kappa shape index (κ2) is 7.73. The third-order valence-electron chi connectivity index (χ3n) is 3.31. The third-order valence-corrected chi connectivity index (χ3v) is 3.63. The minimum atomic E-state index is -0.441. The van der Waals surface area contributed by atoms with Crippen LogP contribution in [0.25, 0.3) is 11.3 Å². The Morgan fingerprint density at radius 2 is 2.17 bits per heavy atom. The molecule has 0 aliphatic heterocycles. The summed E-state index contributed by atoms with van der Waals surface area (Å²) in [5.74, 6) is 0.00511. The fraction of sp³-hybridized carbons (Fsp3) is 0.267. The van der Waals surface area contributed by atoms with E-state index in [1.807, 2.05) is 0 Å². The summed E-state index contributed by atoms with van der Waals surface area (Å²) in [6, 6.07) is 5.44. The van der Waals surface area contributed by atoms with Crippen LogP contribution in [0.2, 0.25) is 0 Å². The molecular formula is C15H18FN5O2S. The van der Waals surface area contributed by atoms with Crippen molar-refractivity contribution in [3.8, 4) is 17.0 Å². The second-order valence-electron chi connectivity index (χ2n) is 4.98. The molecule has 2 rings (SSSR count). The van der Waals surface area contributed by atoms with Crippen LogP contribution in [0.5, 0.6) is 5.75 Å². The van der Waals surface area contributed by atoms with Crippen LogP contribution in [0, 0.1) is 10.6 Å². The number of guanidine groups is 1. The van der Waals surface area contributed by atoms with Crippen molar-refractivity contribution in [3.05, 3.63) is 45.2 Å². The molecule has 0 spiro atoms. The van der Waals surface area contributed by atoms with E-state index < -0.39 is 5.82 Å². The summed E-state index contributed by atoms with van der Waals surface area (Å²) in [4.78, 5) is 18.3. The van der Waals surface area contributed by atoms with Crippen molar-refractivity contribution >= 4 is 18.2 Å². The number of hydrogen-bond acceptors (Lipinski definition) is 4. The zero-order chi connectivity index (χ0) is 17.7. The number of hydrogen-bond donors (Lipinski definition) is 3. The third kappa shape index (κ3) is 4.19. The first kappa shape index (κ1) is 17.7. The molecule has 7 nitrogen and oxygen atoms in total. The summed E-state index contributed by atoms with van der Waals surface area (Å²) in [6.07, 6.45) is 0.586. The van der Waals surface area contributed by atoms with E-state index in [2.05, 4.69) is 9.98 Å². The highest BCUT2D eigenvalue weighted by Gasteiger charge is 2.13. The van der Waals surface area contributed by atoms with Crippen LogP contribution in [-0.4, -0.2) is 29.2 Å². The first-order valence-corrected chi connectivity index (χ1v) is 7.56. The van der Waals surface area contributed by atoms with Crippen LogP contribution >= 0.6 is 12.2 Å². The number of rotatable bonds is 6. The Morgan fingerprint density at radius 1 is 1.42 bits per heavy atom. The highest BCUT2D eigenvalue weighted by molar-refractivity contribution is 7.71. The van der Waals surface area contributed by atoms with Crippen molar-refractivity contribution in [1.82, 2.24) is 9.55 Å². The average Bonchev–Trinajstić information content (AvgIpc) is 2.52. The summed E-state index contributed by atoms with van der Waals surface area (Å²) >= 11 is 5.23. The molecule has 0 atom stereocenters. The van der Waals surface area contributed by atoms with E-state index in [0.717, 1.165) is 0 Å². The van der Waals surface area contributed by atoms with Crippen molar-refractivity contribution in [2.24, 2.45) is 16.5 Å². The van der Waals surface area contributed by atoms with Gasteiger partial charge in [0, 0.05) is 24.7 Å². The van der Waals surface area contributed by atoms with Gasteiger partial charge in [0.1, 0.15) is 11.6 Å². The van der Waals surface area contributed by atoms with Crippen LogP contribution < -0.4 is 21.8 Å². The maximum Gasteiger partial charge on any atom is 0.252 e. The molecule has 2 aromatic rings. The van der Waals surface area contributed by atoms with Gasteiger partial charge in [-0.1, -0.05) is 0 Å². The number of nitrogens with two attached hydrogens (primary N) is 2. The molecule has 128 valence electrons. The number of aromatic nitrogens is 2.